The Morgan fingerprint density at radius 3 is 2.40 bits per heavy atom. The summed E-state index contributed by atoms with van der Waals surface area (Å²) in [7, 11) is 0. The van der Waals surface area contributed by atoms with Crippen molar-refractivity contribution in [3.8, 4) is 5.75 Å². The minimum absolute atomic E-state index is 0.0983. The van der Waals surface area contributed by atoms with E-state index in [4.69, 9.17) is 14.9 Å². The molecule has 0 amide bonds. The molecule has 4 nitrogen and oxygen atoms in total. The smallest absolute Gasteiger partial charge is 0.188 e. The van der Waals surface area contributed by atoms with Crippen LogP contribution in [-0.4, -0.2) is 35.8 Å². The Kier molecular flexibility index (Phi) is 4.80. The van der Waals surface area contributed by atoms with E-state index >= 15 is 0 Å². The van der Waals surface area contributed by atoms with Crippen LogP contribution in [0.5, 0.6) is 5.75 Å². The highest BCUT2D eigenvalue weighted by Crippen LogP contribution is 2.12. The summed E-state index contributed by atoms with van der Waals surface area (Å²) in [6.45, 7) is 0.0651. The molecule has 1 aromatic rings. The topological polar surface area (TPSA) is 66.8 Å². The van der Waals surface area contributed by atoms with Gasteiger partial charge in [0.2, 0.25) is 0 Å². The van der Waals surface area contributed by atoms with Gasteiger partial charge in [0.1, 0.15) is 12.4 Å². The summed E-state index contributed by atoms with van der Waals surface area (Å²) < 4.78 is 5.28. The van der Waals surface area contributed by atoms with Crippen molar-refractivity contribution >= 4 is 5.78 Å². The monoisotopic (exact) mass is 210 g/mol. The SMILES string of the molecule is O=C(CO)c1ccc(OCCCO)cc1. The van der Waals surface area contributed by atoms with Gasteiger partial charge in [0.05, 0.1) is 6.61 Å². The molecule has 0 aliphatic heterocycles. The van der Waals surface area contributed by atoms with Crippen LogP contribution < -0.4 is 4.74 Å². The molecule has 0 aliphatic carbocycles. The number of ether oxygens (including phenoxy) is 1. The molecule has 0 radical (unpaired) electrons. The van der Waals surface area contributed by atoms with Crippen molar-refractivity contribution in [1.82, 2.24) is 0 Å². The molecule has 0 saturated heterocycles. The van der Waals surface area contributed by atoms with E-state index in [0.29, 0.717) is 24.3 Å². The van der Waals surface area contributed by atoms with Crippen LogP contribution in [0.15, 0.2) is 24.3 Å². The van der Waals surface area contributed by atoms with Crippen LogP contribution in [0.3, 0.4) is 0 Å². The molecular formula is C11H14O4. The maximum Gasteiger partial charge on any atom is 0.188 e. The van der Waals surface area contributed by atoms with E-state index in [-0.39, 0.29) is 12.4 Å². The van der Waals surface area contributed by atoms with Gasteiger partial charge >= 0.3 is 0 Å². The fraction of sp³-hybridized carbons (Fsp3) is 0.364. The highest BCUT2D eigenvalue weighted by molar-refractivity contribution is 5.96. The van der Waals surface area contributed by atoms with Gasteiger partial charge in [0.25, 0.3) is 0 Å². The van der Waals surface area contributed by atoms with E-state index < -0.39 is 6.61 Å². The lowest BCUT2D eigenvalue weighted by molar-refractivity contribution is 0.0903. The number of hydrogen-bond acceptors (Lipinski definition) is 4. The third-order valence-corrected chi connectivity index (χ3v) is 1.89. The second-order valence-electron chi connectivity index (χ2n) is 3.03. The van der Waals surface area contributed by atoms with Crippen molar-refractivity contribution in [1.29, 1.82) is 0 Å². The lowest BCUT2D eigenvalue weighted by Gasteiger charge is -2.05. The first kappa shape index (κ1) is 11.7. The number of rotatable bonds is 6. The van der Waals surface area contributed by atoms with E-state index in [1.165, 1.54) is 0 Å². The first-order valence-corrected chi connectivity index (χ1v) is 4.75. The minimum atomic E-state index is -0.481. The summed E-state index contributed by atoms with van der Waals surface area (Å²) in [5.41, 5.74) is 0.465. The van der Waals surface area contributed by atoms with Crippen molar-refractivity contribution in [2.45, 2.75) is 6.42 Å². The van der Waals surface area contributed by atoms with Gasteiger partial charge in [-0.2, -0.15) is 0 Å². The summed E-state index contributed by atoms with van der Waals surface area (Å²) in [5.74, 6) is 0.342. The summed E-state index contributed by atoms with van der Waals surface area (Å²) >= 11 is 0. The predicted octanol–water partition coefficient (Wildman–Crippen LogP) is 0.623. The molecule has 1 aromatic carbocycles. The number of hydrogen-bond donors (Lipinski definition) is 2. The van der Waals surface area contributed by atoms with Crippen LogP contribution in [0.2, 0.25) is 0 Å². The largest absolute Gasteiger partial charge is 0.494 e. The fourth-order valence-corrected chi connectivity index (χ4v) is 1.08. The molecule has 0 saturated carbocycles. The highest BCUT2D eigenvalue weighted by atomic mass is 16.5. The number of benzene rings is 1. The molecule has 0 heterocycles. The zero-order valence-corrected chi connectivity index (χ0v) is 8.35. The van der Waals surface area contributed by atoms with Crippen molar-refractivity contribution in [3.05, 3.63) is 29.8 Å². The Morgan fingerprint density at radius 1 is 1.20 bits per heavy atom. The predicted molar refractivity (Wildman–Crippen MR) is 55.1 cm³/mol. The summed E-state index contributed by atoms with van der Waals surface area (Å²) in [6.07, 6.45) is 0.581. The van der Waals surface area contributed by atoms with Crippen LogP contribution in [0.1, 0.15) is 16.8 Å². The molecule has 0 atom stereocenters. The van der Waals surface area contributed by atoms with Crippen molar-refractivity contribution in [2.75, 3.05) is 19.8 Å². The minimum Gasteiger partial charge on any atom is -0.494 e. The van der Waals surface area contributed by atoms with Crippen LogP contribution in [-0.2, 0) is 0 Å². The van der Waals surface area contributed by atoms with E-state index in [1.807, 2.05) is 0 Å². The standard InChI is InChI=1S/C11H14O4/c12-6-1-7-15-10-4-2-9(3-5-10)11(14)8-13/h2-5,12-13H,1,6-8H2. The Balaban J connectivity index is 2.52. The molecule has 0 fully saturated rings. The van der Waals surface area contributed by atoms with E-state index in [0.717, 1.165) is 0 Å². The van der Waals surface area contributed by atoms with Gasteiger partial charge in [-0.25, -0.2) is 0 Å². The second-order valence-corrected chi connectivity index (χ2v) is 3.03. The molecule has 0 bridgehead atoms. The highest BCUT2D eigenvalue weighted by Gasteiger charge is 2.03. The molecule has 2 N–H and O–H groups in total. The lowest BCUT2D eigenvalue weighted by atomic mass is 10.1. The number of aliphatic hydroxyl groups excluding tert-OH is 2. The van der Waals surface area contributed by atoms with Gasteiger partial charge in [0.15, 0.2) is 5.78 Å². The molecule has 1 rings (SSSR count). The normalized spacial score (nSPS) is 10.0. The number of ketones is 1. The molecular weight excluding hydrogens is 196 g/mol. The molecule has 0 unspecified atom stereocenters. The van der Waals surface area contributed by atoms with Crippen molar-refractivity contribution in [2.24, 2.45) is 0 Å². The number of aliphatic hydroxyl groups is 2. The maximum absolute atomic E-state index is 11.1. The molecule has 4 heteroatoms. The Morgan fingerprint density at radius 2 is 1.87 bits per heavy atom. The summed E-state index contributed by atoms with van der Waals surface area (Å²) in [5, 5.41) is 17.2. The van der Waals surface area contributed by atoms with E-state index in [2.05, 4.69) is 0 Å². The van der Waals surface area contributed by atoms with Gasteiger partial charge in [-0.3, -0.25) is 4.79 Å². The van der Waals surface area contributed by atoms with Crippen molar-refractivity contribution in [3.63, 3.8) is 0 Å². The number of Topliss-reactive ketones (excluding diaryl/α,β-unsaturated/α-hetero) is 1. The number of carbonyl (C=O) groups excluding carboxylic acids is 1. The third-order valence-electron chi connectivity index (χ3n) is 1.89. The first-order valence-electron chi connectivity index (χ1n) is 4.75. The van der Waals surface area contributed by atoms with E-state index in [1.54, 1.807) is 24.3 Å². The average molecular weight is 210 g/mol. The van der Waals surface area contributed by atoms with Crippen LogP contribution >= 0.6 is 0 Å². The van der Waals surface area contributed by atoms with Crippen LogP contribution in [0.4, 0.5) is 0 Å². The van der Waals surface area contributed by atoms with Gasteiger partial charge < -0.3 is 14.9 Å². The second kappa shape index (κ2) is 6.16. The van der Waals surface area contributed by atoms with Crippen molar-refractivity contribution < 1.29 is 19.7 Å². The molecule has 0 aliphatic rings. The molecule has 15 heavy (non-hydrogen) atoms. The molecule has 82 valence electrons. The molecule has 0 spiro atoms. The average Bonchev–Trinajstić information content (AvgIpc) is 2.29. The summed E-state index contributed by atoms with van der Waals surface area (Å²) in [6, 6.07) is 6.54. The zero-order valence-electron chi connectivity index (χ0n) is 8.35. The third kappa shape index (κ3) is 3.69. The van der Waals surface area contributed by atoms with Crippen LogP contribution in [0.25, 0.3) is 0 Å². The maximum atomic E-state index is 11.1. The lowest BCUT2D eigenvalue weighted by Crippen LogP contribution is -2.04. The number of carbonyl (C=O) groups is 1. The van der Waals surface area contributed by atoms with Crippen LogP contribution in [0, 0.1) is 0 Å². The molecule has 0 aromatic heterocycles. The first-order chi connectivity index (χ1) is 7.27. The van der Waals surface area contributed by atoms with E-state index in [9.17, 15) is 4.79 Å². The van der Waals surface area contributed by atoms with Gasteiger partial charge in [-0.15, -0.1) is 0 Å². The Labute approximate surface area is 88.1 Å². The van der Waals surface area contributed by atoms with Gasteiger partial charge in [-0.05, 0) is 24.3 Å². The Bertz CT molecular complexity index is 305. The Hall–Kier alpha value is -1.39. The fourth-order valence-electron chi connectivity index (χ4n) is 1.08. The summed E-state index contributed by atoms with van der Waals surface area (Å²) in [4.78, 5) is 11.1. The quantitative estimate of drug-likeness (QED) is 0.533. The van der Waals surface area contributed by atoms with Gasteiger partial charge in [0, 0.05) is 18.6 Å². The van der Waals surface area contributed by atoms with Gasteiger partial charge in [-0.1, -0.05) is 0 Å². The zero-order chi connectivity index (χ0) is 11.1.